The number of nitrogens with two attached hydrogens (primary N) is 1. The summed E-state index contributed by atoms with van der Waals surface area (Å²) in [5.74, 6) is -6.70. The number of imidazole rings is 1. The number of hydrogen-bond donors (Lipinski definition) is 1. The molecular formula is C18H23LiN8Na3O18P3. The molecule has 4 heterocycles. The van der Waals surface area contributed by atoms with Crippen molar-refractivity contribution in [3.05, 3.63) is 43.0 Å². The number of aromatic nitrogens is 4. The van der Waals surface area contributed by atoms with Crippen LogP contribution >= 0.6 is 22.6 Å². The van der Waals surface area contributed by atoms with E-state index in [1.807, 2.05) is 0 Å². The third-order valence-corrected chi connectivity index (χ3v) is 14.3. The molecule has 0 bridgehead atoms. The van der Waals surface area contributed by atoms with Crippen molar-refractivity contribution in [2.24, 2.45) is 0 Å². The standard InChI is InChI=1S/C18H25N8O17P3.Li.3Na.H2O/c19-15-12-16(21-4-20-15)23(5-22-12)17-14-13(9(41-17)3-40-46(38,39)7-44(33,34)6-45(35,36)37)42-18(43-14)10(25(29)30)1-8(24(27)28)2-11(18)26(31)32;;;;;/h4-5,8-11,13-14,17H,1-3,6-7H2,(H,33,34)(H,38,39)(H2,19,20,21)(H2,35,36,37);;;;;1H2/q;4*+1;/p-4/t8?,9-,10?,11?,13-,14-,17-,18?;;;;;/m1...../s1. The summed E-state index contributed by atoms with van der Waals surface area (Å²) in [6.07, 6.45) is -5.84. The Morgan fingerprint density at radius 3 is 1.96 bits per heavy atom. The maximum Gasteiger partial charge on any atom is 1.00 e. The molecular weight excluding hydrogens is 785 g/mol. The van der Waals surface area contributed by atoms with Gasteiger partial charge in [0.2, 0.25) is 6.04 Å². The molecule has 33 heteroatoms. The van der Waals surface area contributed by atoms with Gasteiger partial charge in [0.25, 0.3) is 12.1 Å². The third-order valence-electron chi connectivity index (χ3n) is 7.53. The smallest absolute Gasteiger partial charge is 0.810 e. The Labute approximate surface area is 363 Å². The number of nitro groups is 3. The fraction of sp³-hybridized carbons (Fsp3) is 0.722. The van der Waals surface area contributed by atoms with Gasteiger partial charge in [0.15, 0.2) is 17.7 Å². The summed E-state index contributed by atoms with van der Waals surface area (Å²) in [5, 5.41) is 35.8. The van der Waals surface area contributed by atoms with E-state index in [1.54, 1.807) is 0 Å². The number of ether oxygens (including phenoxy) is 3. The Balaban J connectivity index is 0.00000500. The van der Waals surface area contributed by atoms with Crippen molar-refractivity contribution in [3.63, 3.8) is 0 Å². The largest absolute Gasteiger partial charge is 1.00 e. The molecule has 3 aliphatic rings. The molecule has 2 saturated heterocycles. The van der Waals surface area contributed by atoms with Gasteiger partial charge in [0.05, 0.1) is 31.7 Å². The zero-order chi connectivity index (χ0) is 34.0. The van der Waals surface area contributed by atoms with Gasteiger partial charge in [-0.2, -0.15) is 0 Å². The van der Waals surface area contributed by atoms with Crippen molar-refractivity contribution in [2.45, 2.75) is 61.3 Å². The monoisotopic (exact) mass is 808 g/mol. The van der Waals surface area contributed by atoms with Crippen molar-refractivity contribution in [1.82, 2.24) is 19.5 Å². The molecule has 4 unspecified atom stereocenters. The number of rotatable bonds is 11. The van der Waals surface area contributed by atoms with Crippen LogP contribution in [0.4, 0.5) is 5.82 Å². The van der Waals surface area contributed by atoms with Gasteiger partial charge in [-0.1, -0.05) is 7.60 Å². The van der Waals surface area contributed by atoms with Crippen LogP contribution in [-0.4, -0.2) is 100 Å². The van der Waals surface area contributed by atoms with E-state index in [1.165, 1.54) is 4.57 Å². The SMILES string of the molecule is Nc1ncnc2c1ncn2[C@@H]1O[C@H](COP(=O)([O-])CP(=O)([O-])CP(=O)([O-])[O-])[C@H]2OC3(O[C@H]21)C([N+](=O)[O-])CC([N+](=O)[O-])CC3[N+](=O)[O-].O.[Li+].[Na+].[Na+].[Na+]. The summed E-state index contributed by atoms with van der Waals surface area (Å²) in [6.45, 7) is -1.10. The van der Waals surface area contributed by atoms with E-state index in [9.17, 15) is 63.6 Å². The first-order chi connectivity index (χ1) is 21.2. The fourth-order valence-corrected chi connectivity index (χ4v) is 11.8. The summed E-state index contributed by atoms with van der Waals surface area (Å²) < 4.78 is 59.0. The van der Waals surface area contributed by atoms with Crippen molar-refractivity contribution >= 4 is 39.5 Å². The summed E-state index contributed by atoms with van der Waals surface area (Å²) in [7, 11) is -16.5. The summed E-state index contributed by atoms with van der Waals surface area (Å²) >= 11 is 0. The Kier molecular flexibility index (Phi) is 19.3. The van der Waals surface area contributed by atoms with Crippen molar-refractivity contribution < 1.29 is 180 Å². The number of nitrogen functional groups attached to an aromatic ring is 1. The van der Waals surface area contributed by atoms with Crippen molar-refractivity contribution in [2.75, 3.05) is 24.1 Å². The molecule has 1 spiro atoms. The zero-order valence-electron chi connectivity index (χ0n) is 27.2. The first-order valence-electron chi connectivity index (χ1n) is 12.8. The minimum absolute atomic E-state index is 0. The number of anilines is 1. The van der Waals surface area contributed by atoms with Crippen LogP contribution in [0.1, 0.15) is 19.1 Å². The Hall–Kier alpha value is 0.477. The number of nitrogens with zero attached hydrogens (tertiary/aromatic N) is 7. The predicted molar refractivity (Wildman–Crippen MR) is 140 cm³/mol. The molecule has 0 radical (unpaired) electrons. The maximum absolute atomic E-state index is 12.5. The minimum atomic E-state index is -5.68. The molecule has 0 aromatic carbocycles. The average molecular weight is 808 g/mol. The van der Waals surface area contributed by atoms with E-state index in [-0.39, 0.29) is 130 Å². The molecule has 1 aliphatic carbocycles. The molecule has 2 aliphatic heterocycles. The molecule has 26 nitrogen and oxygen atoms in total. The zero-order valence-corrected chi connectivity index (χ0v) is 35.9. The van der Waals surface area contributed by atoms with Crippen LogP contribution in [0.15, 0.2) is 12.7 Å². The first-order valence-corrected chi connectivity index (χ1v) is 18.3. The van der Waals surface area contributed by atoms with E-state index in [4.69, 9.17) is 24.5 Å². The fourth-order valence-electron chi connectivity index (χ4n) is 5.76. The molecule has 8 atom stereocenters. The molecule has 5 rings (SSSR count). The van der Waals surface area contributed by atoms with Gasteiger partial charge >= 0.3 is 113 Å². The normalized spacial score (nSPS) is 30.5. The van der Waals surface area contributed by atoms with Gasteiger partial charge in [-0.15, -0.1) is 0 Å². The van der Waals surface area contributed by atoms with Gasteiger partial charge in [0.1, 0.15) is 37.8 Å². The van der Waals surface area contributed by atoms with Gasteiger partial charge in [0, 0.05) is 28.0 Å². The molecule has 51 heavy (non-hydrogen) atoms. The van der Waals surface area contributed by atoms with Crippen LogP contribution in [0.2, 0.25) is 0 Å². The van der Waals surface area contributed by atoms with Crippen molar-refractivity contribution in [1.29, 1.82) is 0 Å². The second-order valence-corrected chi connectivity index (χ2v) is 17.3. The summed E-state index contributed by atoms with van der Waals surface area (Å²) in [6, 6.07) is -6.08. The molecule has 4 N–H and O–H groups in total. The topological polar surface area (TPSA) is 411 Å². The van der Waals surface area contributed by atoms with Gasteiger partial charge in [-0.25, -0.2) is 15.0 Å². The Morgan fingerprint density at radius 1 is 0.902 bits per heavy atom. The Bertz CT molecular complexity index is 1720. The van der Waals surface area contributed by atoms with Crippen molar-refractivity contribution in [3.8, 4) is 0 Å². The van der Waals surface area contributed by atoms with E-state index in [2.05, 4.69) is 15.0 Å². The van der Waals surface area contributed by atoms with Crippen LogP contribution < -0.4 is 133 Å². The number of hydrogen-bond acceptors (Lipinski definition) is 21. The minimum Gasteiger partial charge on any atom is -0.810 e. The third kappa shape index (κ3) is 11.1. The quantitative estimate of drug-likeness (QED) is 0.0953. The van der Waals surface area contributed by atoms with Crippen LogP contribution in [0, 0.1) is 30.3 Å². The van der Waals surface area contributed by atoms with E-state index >= 15 is 0 Å². The van der Waals surface area contributed by atoms with Gasteiger partial charge < -0.3 is 63.2 Å². The molecule has 3 fully saturated rings. The van der Waals surface area contributed by atoms with E-state index in [0.717, 1.165) is 12.7 Å². The summed E-state index contributed by atoms with van der Waals surface area (Å²) in [4.78, 5) is 91.1. The van der Waals surface area contributed by atoms with Crippen LogP contribution in [0.5, 0.6) is 0 Å². The maximum atomic E-state index is 12.5. The van der Waals surface area contributed by atoms with Crippen LogP contribution in [-0.2, 0) is 32.4 Å². The molecule has 1 saturated carbocycles. The molecule has 2 aromatic rings. The van der Waals surface area contributed by atoms with E-state index in [0.29, 0.717) is 0 Å². The predicted octanol–water partition coefficient (Wildman–Crippen LogP) is -16.3. The van der Waals surface area contributed by atoms with E-state index < -0.39 is 117 Å². The second kappa shape index (κ2) is 19.1. The Morgan fingerprint density at radius 2 is 1.45 bits per heavy atom. The molecule has 2 aromatic heterocycles. The first kappa shape index (κ1) is 51.5. The summed E-state index contributed by atoms with van der Waals surface area (Å²) in [5.41, 5.74) is 5.86. The van der Waals surface area contributed by atoms with Crippen LogP contribution in [0.3, 0.4) is 0 Å². The average Bonchev–Trinajstić information content (AvgIpc) is 3.58. The molecule has 262 valence electrons. The second-order valence-electron chi connectivity index (χ2n) is 10.7. The molecule has 0 amide bonds. The van der Waals surface area contributed by atoms with Gasteiger partial charge in [-0.3, -0.25) is 34.9 Å². The van der Waals surface area contributed by atoms with Crippen LogP contribution in [0.25, 0.3) is 11.2 Å². The number of fused-ring (bicyclic) bond motifs is 2. The van der Waals surface area contributed by atoms with Gasteiger partial charge in [-0.05, 0) is 0 Å².